The van der Waals surface area contributed by atoms with Crippen molar-refractivity contribution in [2.24, 2.45) is 10.1 Å². The van der Waals surface area contributed by atoms with Gasteiger partial charge in [0.1, 0.15) is 12.3 Å². The second-order valence-corrected chi connectivity index (χ2v) is 8.88. The Balaban J connectivity index is 1.30. The van der Waals surface area contributed by atoms with Crippen LogP contribution in [-0.4, -0.2) is 34.5 Å². The van der Waals surface area contributed by atoms with E-state index in [1.807, 2.05) is 67.6 Å². The number of aryl methyl sites for hydroxylation is 1. The van der Waals surface area contributed by atoms with E-state index < -0.39 is 23.4 Å². The molecular formula is C28H23N3O5. The van der Waals surface area contributed by atoms with Crippen LogP contribution in [0.3, 0.4) is 0 Å². The summed E-state index contributed by atoms with van der Waals surface area (Å²) in [6, 6.07) is 22.4. The summed E-state index contributed by atoms with van der Waals surface area (Å²) in [5, 5.41) is 13.5. The second-order valence-electron chi connectivity index (χ2n) is 8.88. The van der Waals surface area contributed by atoms with Gasteiger partial charge in [0.2, 0.25) is 0 Å². The predicted octanol–water partition coefficient (Wildman–Crippen LogP) is 4.39. The maximum absolute atomic E-state index is 12.3. The summed E-state index contributed by atoms with van der Waals surface area (Å²) in [6.45, 7) is 1.97. The van der Waals surface area contributed by atoms with Gasteiger partial charge in [-0.2, -0.15) is 10.1 Å². The maximum Gasteiger partial charge on any atom is 0.434 e. The van der Waals surface area contributed by atoms with Crippen molar-refractivity contribution in [3.8, 4) is 11.1 Å². The molecule has 1 aliphatic heterocycles. The Labute approximate surface area is 207 Å². The Hall–Kier alpha value is -4.59. The van der Waals surface area contributed by atoms with Crippen molar-refractivity contribution in [1.82, 2.24) is 5.43 Å². The zero-order valence-electron chi connectivity index (χ0n) is 19.5. The van der Waals surface area contributed by atoms with Gasteiger partial charge in [-0.3, -0.25) is 9.59 Å². The van der Waals surface area contributed by atoms with Gasteiger partial charge in [0, 0.05) is 5.56 Å². The summed E-state index contributed by atoms with van der Waals surface area (Å²) < 4.78 is 5.23. The molecule has 3 aromatic carbocycles. The van der Waals surface area contributed by atoms with E-state index in [9.17, 15) is 19.5 Å². The summed E-state index contributed by atoms with van der Waals surface area (Å²) >= 11 is 0. The number of carboxylic acids is 1. The van der Waals surface area contributed by atoms with E-state index in [1.165, 1.54) is 0 Å². The molecule has 1 heterocycles. The molecule has 36 heavy (non-hydrogen) atoms. The van der Waals surface area contributed by atoms with Crippen LogP contribution in [0.1, 0.15) is 35.1 Å². The normalized spacial score (nSPS) is 16.9. The van der Waals surface area contributed by atoms with Crippen LogP contribution in [0.25, 0.3) is 11.1 Å². The molecule has 0 atom stereocenters. The average molecular weight is 482 g/mol. The van der Waals surface area contributed by atoms with Gasteiger partial charge in [0.15, 0.2) is 5.71 Å². The van der Waals surface area contributed by atoms with E-state index in [4.69, 9.17) is 4.74 Å². The Bertz CT molecular complexity index is 1420. The smallest absolute Gasteiger partial charge is 0.434 e. The zero-order valence-corrected chi connectivity index (χ0v) is 19.5. The number of rotatable bonds is 6. The number of benzene rings is 3. The first kappa shape index (κ1) is 23.2. The lowest BCUT2D eigenvalue weighted by Crippen LogP contribution is -2.25. The van der Waals surface area contributed by atoms with Crippen molar-refractivity contribution in [2.45, 2.75) is 31.8 Å². The van der Waals surface area contributed by atoms with Gasteiger partial charge in [-0.25, -0.2) is 10.2 Å². The number of hydrazone groups is 1. The lowest BCUT2D eigenvalue weighted by molar-refractivity contribution is -0.140. The third-order valence-electron chi connectivity index (χ3n) is 6.61. The Kier molecular flexibility index (Phi) is 5.93. The van der Waals surface area contributed by atoms with Crippen LogP contribution >= 0.6 is 0 Å². The molecule has 0 aromatic heterocycles. The topological polar surface area (TPSA) is 117 Å². The minimum Gasteiger partial charge on any atom is -0.481 e. The van der Waals surface area contributed by atoms with Crippen LogP contribution in [0.5, 0.6) is 0 Å². The Morgan fingerprint density at radius 1 is 0.972 bits per heavy atom. The summed E-state index contributed by atoms with van der Waals surface area (Å²) in [6.07, 6.45) is 0.452. The van der Waals surface area contributed by atoms with Gasteiger partial charge in [0.05, 0.1) is 5.41 Å². The highest BCUT2D eigenvalue weighted by molar-refractivity contribution is 6.72. The van der Waals surface area contributed by atoms with Gasteiger partial charge in [0.25, 0.3) is 5.91 Å². The van der Waals surface area contributed by atoms with Crippen molar-refractivity contribution in [2.75, 3.05) is 0 Å². The first-order chi connectivity index (χ1) is 17.4. The Morgan fingerprint density at radius 2 is 1.58 bits per heavy atom. The van der Waals surface area contributed by atoms with E-state index in [2.05, 4.69) is 15.5 Å². The highest BCUT2D eigenvalue weighted by atomic mass is 16.5. The minimum absolute atomic E-state index is 0.0530. The molecule has 5 rings (SSSR count). The van der Waals surface area contributed by atoms with E-state index in [-0.39, 0.29) is 18.0 Å². The first-order valence-corrected chi connectivity index (χ1v) is 11.5. The largest absolute Gasteiger partial charge is 0.481 e. The van der Waals surface area contributed by atoms with Crippen LogP contribution in [0.4, 0.5) is 4.79 Å². The molecule has 8 nitrogen and oxygen atoms in total. The Morgan fingerprint density at radius 3 is 2.19 bits per heavy atom. The molecule has 0 unspecified atom stereocenters. The SMILES string of the molecule is Cc1ccccc1COC(=O)/N=C1\C(=O)NN=C1c1ccc(-c2ccc(C3(C(=O)O)CC3)cc2)cc1. The van der Waals surface area contributed by atoms with Crippen LogP contribution in [0, 0.1) is 6.92 Å². The standard InChI is InChI=1S/C28H23N3O5/c1-17-4-2-3-5-21(17)16-36-27(35)29-24-23(30-31-25(24)32)20-8-6-18(7-9-20)19-10-12-22(13-11-19)28(14-15-28)26(33)34/h2-13H,14-16H2,1H3,(H,33,34)(H,29,31,32,35). The molecule has 1 aliphatic carbocycles. The third kappa shape index (κ3) is 4.40. The molecule has 2 amide bonds. The number of hydrogen-bond donors (Lipinski definition) is 2. The van der Waals surface area contributed by atoms with Crippen LogP contribution in [0.15, 0.2) is 82.9 Å². The van der Waals surface area contributed by atoms with Gasteiger partial charge in [-0.05, 0) is 47.6 Å². The molecule has 2 N–H and O–H groups in total. The fourth-order valence-electron chi connectivity index (χ4n) is 4.21. The molecule has 0 spiro atoms. The molecule has 0 bridgehead atoms. The van der Waals surface area contributed by atoms with Gasteiger partial charge in [-0.15, -0.1) is 0 Å². The number of amides is 2. The summed E-state index contributed by atoms with van der Waals surface area (Å²) in [5.74, 6) is -1.36. The molecule has 1 fully saturated rings. The molecule has 2 aliphatic rings. The summed E-state index contributed by atoms with van der Waals surface area (Å²) in [4.78, 5) is 40.0. The van der Waals surface area contributed by atoms with E-state index >= 15 is 0 Å². The van der Waals surface area contributed by atoms with Crippen LogP contribution in [0.2, 0.25) is 0 Å². The van der Waals surface area contributed by atoms with E-state index in [0.717, 1.165) is 27.8 Å². The molecule has 8 heteroatoms. The van der Waals surface area contributed by atoms with Gasteiger partial charge >= 0.3 is 12.1 Å². The van der Waals surface area contributed by atoms with Crippen molar-refractivity contribution >= 4 is 29.4 Å². The number of carboxylic acid groups (broad SMARTS) is 1. The number of ether oxygens (including phenoxy) is 1. The number of aliphatic carboxylic acids is 1. The molecule has 3 aromatic rings. The number of nitrogens with zero attached hydrogens (tertiary/aromatic N) is 2. The molecular weight excluding hydrogens is 458 g/mol. The van der Waals surface area contributed by atoms with Crippen LogP contribution < -0.4 is 5.43 Å². The third-order valence-corrected chi connectivity index (χ3v) is 6.61. The highest BCUT2D eigenvalue weighted by Crippen LogP contribution is 2.48. The first-order valence-electron chi connectivity index (χ1n) is 11.5. The quantitative estimate of drug-likeness (QED) is 0.542. The minimum atomic E-state index is -0.871. The maximum atomic E-state index is 12.3. The number of carbonyl (C=O) groups excluding carboxylic acids is 2. The lowest BCUT2D eigenvalue weighted by Gasteiger charge is -2.11. The van der Waals surface area contributed by atoms with E-state index in [1.54, 1.807) is 12.1 Å². The van der Waals surface area contributed by atoms with Crippen molar-refractivity contribution in [3.05, 3.63) is 95.1 Å². The highest BCUT2D eigenvalue weighted by Gasteiger charge is 2.51. The lowest BCUT2D eigenvalue weighted by atomic mass is 9.93. The summed E-state index contributed by atoms with van der Waals surface area (Å²) in [7, 11) is 0. The van der Waals surface area contributed by atoms with Gasteiger partial charge in [-0.1, -0.05) is 72.8 Å². The van der Waals surface area contributed by atoms with Crippen molar-refractivity contribution in [3.63, 3.8) is 0 Å². The predicted molar refractivity (Wildman–Crippen MR) is 134 cm³/mol. The van der Waals surface area contributed by atoms with Crippen molar-refractivity contribution in [1.29, 1.82) is 0 Å². The molecule has 0 saturated heterocycles. The fourth-order valence-corrected chi connectivity index (χ4v) is 4.21. The molecule has 180 valence electrons. The van der Waals surface area contributed by atoms with Crippen LogP contribution in [-0.2, 0) is 26.3 Å². The number of hydrogen-bond acceptors (Lipinski definition) is 5. The molecule has 0 radical (unpaired) electrons. The number of aliphatic imine (C=N–C) groups is 1. The average Bonchev–Trinajstić information content (AvgIpc) is 3.63. The van der Waals surface area contributed by atoms with Gasteiger partial charge < -0.3 is 9.84 Å². The van der Waals surface area contributed by atoms with Crippen molar-refractivity contribution < 1.29 is 24.2 Å². The second kappa shape index (κ2) is 9.22. The van der Waals surface area contributed by atoms with E-state index in [0.29, 0.717) is 18.4 Å². The fraction of sp³-hybridized carbons (Fsp3) is 0.179. The zero-order chi connectivity index (χ0) is 25.3. The molecule has 1 saturated carbocycles. The monoisotopic (exact) mass is 481 g/mol. The summed E-state index contributed by atoms with van der Waals surface area (Å²) in [5.41, 5.74) is 6.89. The number of nitrogens with one attached hydrogen (secondary N) is 1. The number of carbonyl (C=O) groups is 3.